The molecule has 1 aromatic carbocycles. The Kier molecular flexibility index (Phi) is 4.00. The van der Waals surface area contributed by atoms with Crippen LogP contribution < -0.4 is 9.47 Å². The molecule has 0 saturated carbocycles. The number of benzene rings is 1. The average Bonchev–Trinajstić information content (AvgIpc) is 3.05. The zero-order chi connectivity index (χ0) is 15.5. The molecule has 2 heterocycles. The molecule has 1 aliphatic heterocycles. The summed E-state index contributed by atoms with van der Waals surface area (Å²) in [5, 5.41) is 4.08. The molecule has 22 heavy (non-hydrogen) atoms. The van der Waals surface area contributed by atoms with Crippen molar-refractivity contribution in [3.05, 3.63) is 41.7 Å². The maximum absolute atomic E-state index is 12.4. The number of hydrogen-bond donors (Lipinski definition) is 0. The Morgan fingerprint density at radius 3 is 2.59 bits per heavy atom. The Balaban J connectivity index is 1.76. The molecule has 1 aliphatic rings. The van der Waals surface area contributed by atoms with Crippen LogP contribution in [0.3, 0.4) is 0 Å². The third kappa shape index (κ3) is 2.77. The van der Waals surface area contributed by atoms with Crippen molar-refractivity contribution in [2.75, 3.05) is 20.8 Å². The maximum Gasteiger partial charge on any atom is 0.244 e. The molecule has 0 bridgehead atoms. The van der Waals surface area contributed by atoms with Crippen molar-refractivity contribution in [1.29, 1.82) is 0 Å². The third-order valence-corrected chi connectivity index (χ3v) is 3.93. The van der Waals surface area contributed by atoms with E-state index in [1.165, 1.54) is 5.56 Å². The van der Waals surface area contributed by atoms with Gasteiger partial charge in [-0.1, -0.05) is 0 Å². The molecule has 0 aliphatic carbocycles. The van der Waals surface area contributed by atoms with Crippen LogP contribution in [0.2, 0.25) is 0 Å². The van der Waals surface area contributed by atoms with Gasteiger partial charge in [0.25, 0.3) is 0 Å². The number of ether oxygens (including phenoxy) is 2. The summed E-state index contributed by atoms with van der Waals surface area (Å²) >= 11 is 0. The van der Waals surface area contributed by atoms with E-state index < -0.39 is 0 Å². The van der Waals surface area contributed by atoms with Gasteiger partial charge in [-0.25, -0.2) is 0 Å². The van der Waals surface area contributed by atoms with Gasteiger partial charge in [0.15, 0.2) is 11.5 Å². The second-order valence-electron chi connectivity index (χ2n) is 5.24. The van der Waals surface area contributed by atoms with Crippen LogP contribution in [-0.4, -0.2) is 41.4 Å². The summed E-state index contributed by atoms with van der Waals surface area (Å²) in [6.07, 6.45) is 4.29. The number of fused-ring (bicyclic) bond motifs is 1. The molecule has 1 amide bonds. The molecule has 6 heteroatoms. The average molecular weight is 301 g/mol. The first kappa shape index (κ1) is 14.4. The van der Waals surface area contributed by atoms with E-state index in [1.807, 2.05) is 23.1 Å². The van der Waals surface area contributed by atoms with Gasteiger partial charge in [0.1, 0.15) is 6.54 Å². The molecule has 1 aromatic heterocycles. The lowest BCUT2D eigenvalue weighted by Gasteiger charge is -2.29. The van der Waals surface area contributed by atoms with E-state index in [4.69, 9.17) is 9.47 Å². The monoisotopic (exact) mass is 301 g/mol. The number of methoxy groups -OCH3 is 2. The summed E-state index contributed by atoms with van der Waals surface area (Å²) < 4.78 is 12.3. The van der Waals surface area contributed by atoms with Gasteiger partial charge in [0, 0.05) is 25.5 Å². The van der Waals surface area contributed by atoms with Gasteiger partial charge >= 0.3 is 0 Å². The second-order valence-corrected chi connectivity index (χ2v) is 5.24. The minimum absolute atomic E-state index is 0.0733. The normalized spacial score (nSPS) is 13.6. The van der Waals surface area contributed by atoms with Crippen LogP contribution in [0.1, 0.15) is 11.1 Å². The predicted octanol–water partition coefficient (Wildman–Crippen LogP) is 1.49. The van der Waals surface area contributed by atoms with E-state index in [-0.39, 0.29) is 12.5 Å². The van der Waals surface area contributed by atoms with Crippen molar-refractivity contribution < 1.29 is 14.3 Å². The summed E-state index contributed by atoms with van der Waals surface area (Å²) in [4.78, 5) is 14.2. The van der Waals surface area contributed by atoms with Crippen LogP contribution in [0.5, 0.6) is 11.5 Å². The van der Waals surface area contributed by atoms with E-state index in [1.54, 1.807) is 31.3 Å². The van der Waals surface area contributed by atoms with Crippen LogP contribution >= 0.6 is 0 Å². The molecule has 0 fully saturated rings. The molecule has 3 rings (SSSR count). The molecule has 0 saturated heterocycles. The fraction of sp³-hybridized carbons (Fsp3) is 0.375. The van der Waals surface area contributed by atoms with Crippen LogP contribution in [0, 0.1) is 0 Å². The lowest BCUT2D eigenvalue weighted by Crippen LogP contribution is -2.38. The Morgan fingerprint density at radius 1 is 1.23 bits per heavy atom. The first-order chi connectivity index (χ1) is 10.7. The molecular weight excluding hydrogens is 282 g/mol. The van der Waals surface area contributed by atoms with Crippen LogP contribution in [0.25, 0.3) is 0 Å². The van der Waals surface area contributed by atoms with Crippen LogP contribution in [-0.2, 0) is 24.3 Å². The lowest BCUT2D eigenvalue weighted by molar-refractivity contribution is -0.133. The minimum atomic E-state index is 0.0733. The van der Waals surface area contributed by atoms with Gasteiger partial charge in [-0.2, -0.15) is 5.10 Å². The summed E-state index contributed by atoms with van der Waals surface area (Å²) in [6.45, 7) is 1.58. The van der Waals surface area contributed by atoms with Crippen molar-refractivity contribution in [3.8, 4) is 11.5 Å². The number of amides is 1. The number of carbonyl (C=O) groups excluding carboxylic acids is 1. The topological polar surface area (TPSA) is 56.6 Å². The molecule has 0 atom stereocenters. The minimum Gasteiger partial charge on any atom is -0.493 e. The van der Waals surface area contributed by atoms with Crippen molar-refractivity contribution in [2.45, 2.75) is 19.5 Å². The number of aromatic nitrogens is 2. The molecule has 6 nitrogen and oxygen atoms in total. The highest BCUT2D eigenvalue weighted by Crippen LogP contribution is 2.33. The van der Waals surface area contributed by atoms with Crippen LogP contribution in [0.15, 0.2) is 30.6 Å². The first-order valence-corrected chi connectivity index (χ1v) is 7.20. The van der Waals surface area contributed by atoms with Gasteiger partial charge in [0.05, 0.1) is 14.2 Å². The highest BCUT2D eigenvalue weighted by atomic mass is 16.5. The van der Waals surface area contributed by atoms with Gasteiger partial charge < -0.3 is 14.4 Å². The Hall–Kier alpha value is -2.50. The standard InChI is InChI=1S/C16H19N3O3/c1-21-14-8-12-4-7-18(10-13(12)9-15(14)22-2)16(20)11-19-6-3-5-17-19/h3,5-6,8-9H,4,7,10-11H2,1-2H3. The summed E-state index contributed by atoms with van der Waals surface area (Å²) in [7, 11) is 3.25. The fourth-order valence-electron chi connectivity index (χ4n) is 2.73. The summed E-state index contributed by atoms with van der Waals surface area (Å²) in [6, 6.07) is 5.78. The summed E-state index contributed by atoms with van der Waals surface area (Å²) in [5.74, 6) is 1.50. The molecule has 0 N–H and O–H groups in total. The van der Waals surface area contributed by atoms with Gasteiger partial charge in [-0.15, -0.1) is 0 Å². The van der Waals surface area contributed by atoms with E-state index in [0.717, 1.165) is 17.7 Å². The maximum atomic E-state index is 12.4. The molecule has 116 valence electrons. The first-order valence-electron chi connectivity index (χ1n) is 7.20. The van der Waals surface area contributed by atoms with Crippen LogP contribution in [0.4, 0.5) is 0 Å². The Labute approximate surface area is 129 Å². The number of rotatable bonds is 4. The molecule has 2 aromatic rings. The zero-order valence-electron chi connectivity index (χ0n) is 12.8. The molecule has 0 radical (unpaired) electrons. The molecule has 0 spiro atoms. The van der Waals surface area contributed by atoms with E-state index in [2.05, 4.69) is 5.10 Å². The SMILES string of the molecule is COc1cc2c(cc1OC)CN(C(=O)Cn1cccn1)CC2. The van der Waals surface area contributed by atoms with Crippen molar-refractivity contribution in [1.82, 2.24) is 14.7 Å². The zero-order valence-corrected chi connectivity index (χ0v) is 12.8. The van der Waals surface area contributed by atoms with E-state index in [9.17, 15) is 4.79 Å². The number of hydrogen-bond acceptors (Lipinski definition) is 4. The highest BCUT2D eigenvalue weighted by molar-refractivity contribution is 5.76. The Morgan fingerprint density at radius 2 is 1.95 bits per heavy atom. The van der Waals surface area contributed by atoms with Crippen molar-refractivity contribution in [3.63, 3.8) is 0 Å². The van der Waals surface area contributed by atoms with Gasteiger partial charge in [0.2, 0.25) is 5.91 Å². The van der Waals surface area contributed by atoms with Crippen molar-refractivity contribution in [2.24, 2.45) is 0 Å². The fourth-order valence-corrected chi connectivity index (χ4v) is 2.73. The van der Waals surface area contributed by atoms with Gasteiger partial charge in [-0.3, -0.25) is 9.48 Å². The van der Waals surface area contributed by atoms with E-state index in [0.29, 0.717) is 18.8 Å². The number of nitrogens with zero attached hydrogens (tertiary/aromatic N) is 3. The molecule has 0 unspecified atom stereocenters. The third-order valence-electron chi connectivity index (χ3n) is 3.93. The predicted molar refractivity (Wildman–Crippen MR) is 80.9 cm³/mol. The van der Waals surface area contributed by atoms with E-state index >= 15 is 0 Å². The summed E-state index contributed by atoms with van der Waals surface area (Å²) in [5.41, 5.74) is 2.32. The second kappa shape index (κ2) is 6.09. The lowest BCUT2D eigenvalue weighted by atomic mass is 9.98. The number of carbonyl (C=O) groups is 1. The highest BCUT2D eigenvalue weighted by Gasteiger charge is 2.23. The van der Waals surface area contributed by atoms with Gasteiger partial charge in [-0.05, 0) is 35.7 Å². The smallest absolute Gasteiger partial charge is 0.244 e. The largest absolute Gasteiger partial charge is 0.493 e. The Bertz CT molecular complexity index is 668. The quantitative estimate of drug-likeness (QED) is 0.858. The molecular formula is C16H19N3O3. The van der Waals surface area contributed by atoms with Crippen molar-refractivity contribution >= 4 is 5.91 Å².